The van der Waals surface area contributed by atoms with Gasteiger partial charge in [0.2, 0.25) is 0 Å². The van der Waals surface area contributed by atoms with Crippen molar-refractivity contribution in [2.45, 2.75) is 6.61 Å². The van der Waals surface area contributed by atoms with Crippen LogP contribution in [0.15, 0.2) is 36.4 Å². The molecule has 0 radical (unpaired) electrons. The molecule has 0 spiro atoms. The molecule has 2 rings (SSSR count). The van der Waals surface area contributed by atoms with Crippen molar-refractivity contribution in [2.75, 3.05) is 0 Å². The summed E-state index contributed by atoms with van der Waals surface area (Å²) in [7, 11) is 0. The molecular formula is C14H9ClF2O3. The SMILES string of the molecule is O=C(O)c1ccc(OCc2cccc(Cl)c2F)c(F)c1. The number of halogens is 3. The molecule has 0 aliphatic heterocycles. The summed E-state index contributed by atoms with van der Waals surface area (Å²) in [5.74, 6) is -2.85. The second-order valence-electron chi connectivity index (χ2n) is 3.95. The van der Waals surface area contributed by atoms with Crippen molar-refractivity contribution in [3.8, 4) is 5.75 Å². The maximum Gasteiger partial charge on any atom is 0.335 e. The summed E-state index contributed by atoms with van der Waals surface area (Å²) in [6.45, 7) is -0.213. The first kappa shape index (κ1) is 14.3. The average molecular weight is 299 g/mol. The van der Waals surface area contributed by atoms with Crippen LogP contribution in [0.2, 0.25) is 5.02 Å². The number of aromatic carboxylic acids is 1. The summed E-state index contributed by atoms with van der Waals surface area (Å²) in [6.07, 6.45) is 0. The quantitative estimate of drug-likeness (QED) is 0.931. The van der Waals surface area contributed by atoms with Crippen LogP contribution in [0.25, 0.3) is 0 Å². The van der Waals surface area contributed by atoms with Gasteiger partial charge in [0, 0.05) is 5.56 Å². The molecule has 0 aliphatic rings. The number of carboxylic acids is 1. The fraction of sp³-hybridized carbons (Fsp3) is 0.0714. The van der Waals surface area contributed by atoms with Gasteiger partial charge in [-0.05, 0) is 24.3 Å². The number of carboxylic acid groups (broad SMARTS) is 1. The van der Waals surface area contributed by atoms with E-state index in [9.17, 15) is 13.6 Å². The second kappa shape index (κ2) is 5.88. The number of hydrogen-bond acceptors (Lipinski definition) is 2. The highest BCUT2D eigenvalue weighted by Gasteiger charge is 2.11. The molecule has 2 aromatic rings. The molecule has 0 saturated carbocycles. The second-order valence-corrected chi connectivity index (χ2v) is 4.36. The van der Waals surface area contributed by atoms with Crippen LogP contribution in [0.1, 0.15) is 15.9 Å². The number of rotatable bonds is 4. The van der Waals surface area contributed by atoms with Crippen molar-refractivity contribution in [3.63, 3.8) is 0 Å². The Morgan fingerprint density at radius 2 is 2.00 bits per heavy atom. The lowest BCUT2D eigenvalue weighted by molar-refractivity contribution is 0.0696. The number of benzene rings is 2. The van der Waals surface area contributed by atoms with Crippen LogP contribution in [0.5, 0.6) is 5.75 Å². The van der Waals surface area contributed by atoms with E-state index >= 15 is 0 Å². The molecule has 0 aromatic heterocycles. The summed E-state index contributed by atoms with van der Waals surface area (Å²) in [5, 5.41) is 8.65. The van der Waals surface area contributed by atoms with E-state index in [1.807, 2.05) is 0 Å². The zero-order chi connectivity index (χ0) is 14.7. The highest BCUT2D eigenvalue weighted by molar-refractivity contribution is 6.30. The predicted octanol–water partition coefficient (Wildman–Crippen LogP) is 3.90. The smallest absolute Gasteiger partial charge is 0.335 e. The normalized spacial score (nSPS) is 10.3. The molecule has 6 heteroatoms. The van der Waals surface area contributed by atoms with Crippen molar-refractivity contribution >= 4 is 17.6 Å². The summed E-state index contributed by atoms with van der Waals surface area (Å²) < 4.78 is 32.3. The molecule has 3 nitrogen and oxygen atoms in total. The Morgan fingerprint density at radius 3 is 2.65 bits per heavy atom. The maximum absolute atomic E-state index is 13.6. The van der Waals surface area contributed by atoms with E-state index in [2.05, 4.69) is 0 Å². The van der Waals surface area contributed by atoms with Crippen LogP contribution in [0.4, 0.5) is 8.78 Å². The van der Waals surface area contributed by atoms with E-state index in [0.717, 1.165) is 6.07 Å². The fourth-order valence-corrected chi connectivity index (χ4v) is 1.76. The molecule has 0 atom stereocenters. The topological polar surface area (TPSA) is 46.5 Å². The molecule has 0 bridgehead atoms. The van der Waals surface area contributed by atoms with Gasteiger partial charge < -0.3 is 9.84 Å². The van der Waals surface area contributed by atoms with Crippen LogP contribution in [0.3, 0.4) is 0 Å². The van der Waals surface area contributed by atoms with E-state index in [1.54, 1.807) is 6.07 Å². The molecular weight excluding hydrogens is 290 g/mol. The van der Waals surface area contributed by atoms with Crippen LogP contribution >= 0.6 is 11.6 Å². The molecule has 20 heavy (non-hydrogen) atoms. The Balaban J connectivity index is 2.15. The molecule has 1 N–H and O–H groups in total. The van der Waals surface area contributed by atoms with Gasteiger partial charge in [0.1, 0.15) is 12.4 Å². The standard InChI is InChI=1S/C14H9ClF2O3/c15-10-3-1-2-9(13(10)17)7-20-12-5-4-8(14(18)19)6-11(12)16/h1-6H,7H2,(H,18,19). The van der Waals surface area contributed by atoms with Gasteiger partial charge >= 0.3 is 5.97 Å². The van der Waals surface area contributed by atoms with Crippen molar-refractivity contribution in [1.29, 1.82) is 0 Å². The lowest BCUT2D eigenvalue weighted by atomic mass is 10.2. The average Bonchev–Trinajstić information content (AvgIpc) is 2.41. The molecule has 2 aromatic carbocycles. The third kappa shape index (κ3) is 3.05. The zero-order valence-corrected chi connectivity index (χ0v) is 10.8. The van der Waals surface area contributed by atoms with Crippen LogP contribution in [-0.4, -0.2) is 11.1 Å². The van der Waals surface area contributed by atoms with Crippen molar-refractivity contribution in [3.05, 3.63) is 64.2 Å². The minimum absolute atomic E-state index is 0.0483. The number of hydrogen-bond donors (Lipinski definition) is 1. The summed E-state index contributed by atoms with van der Waals surface area (Å²) in [5.41, 5.74) is -0.0111. The highest BCUT2D eigenvalue weighted by Crippen LogP contribution is 2.22. The number of carbonyl (C=O) groups is 1. The first-order valence-electron chi connectivity index (χ1n) is 5.57. The Morgan fingerprint density at radius 1 is 1.25 bits per heavy atom. The van der Waals surface area contributed by atoms with Gasteiger partial charge in [-0.3, -0.25) is 0 Å². The zero-order valence-electron chi connectivity index (χ0n) is 10.1. The van der Waals surface area contributed by atoms with Gasteiger partial charge in [-0.1, -0.05) is 23.7 Å². The Bertz CT molecular complexity index is 659. The molecule has 0 heterocycles. The Hall–Kier alpha value is -2.14. The first-order valence-corrected chi connectivity index (χ1v) is 5.95. The van der Waals surface area contributed by atoms with Crippen molar-refractivity contribution in [1.82, 2.24) is 0 Å². The third-order valence-corrected chi connectivity index (χ3v) is 2.89. The fourth-order valence-electron chi connectivity index (χ4n) is 1.57. The van der Waals surface area contributed by atoms with Gasteiger partial charge in [-0.25, -0.2) is 13.6 Å². The number of ether oxygens (including phenoxy) is 1. The molecule has 0 amide bonds. The van der Waals surface area contributed by atoms with E-state index < -0.39 is 17.6 Å². The molecule has 0 unspecified atom stereocenters. The Kier molecular flexibility index (Phi) is 4.20. The van der Waals surface area contributed by atoms with Crippen LogP contribution in [-0.2, 0) is 6.61 Å². The van der Waals surface area contributed by atoms with E-state index in [1.165, 1.54) is 24.3 Å². The largest absolute Gasteiger partial charge is 0.486 e. The molecule has 0 aliphatic carbocycles. The lowest BCUT2D eigenvalue weighted by Crippen LogP contribution is -2.02. The van der Waals surface area contributed by atoms with E-state index in [4.69, 9.17) is 21.4 Å². The molecule has 0 fully saturated rings. The van der Waals surface area contributed by atoms with Gasteiger partial charge in [0.05, 0.1) is 10.6 Å². The van der Waals surface area contributed by atoms with Crippen molar-refractivity contribution < 1.29 is 23.4 Å². The van der Waals surface area contributed by atoms with E-state index in [0.29, 0.717) is 0 Å². The summed E-state index contributed by atoms with van der Waals surface area (Å²) >= 11 is 5.61. The highest BCUT2D eigenvalue weighted by atomic mass is 35.5. The first-order chi connectivity index (χ1) is 9.49. The minimum Gasteiger partial charge on any atom is -0.486 e. The van der Waals surface area contributed by atoms with E-state index in [-0.39, 0.29) is 28.5 Å². The lowest BCUT2D eigenvalue weighted by Gasteiger charge is -2.09. The van der Waals surface area contributed by atoms with Gasteiger partial charge in [0.15, 0.2) is 11.6 Å². The van der Waals surface area contributed by atoms with Crippen LogP contribution in [0, 0.1) is 11.6 Å². The van der Waals surface area contributed by atoms with Gasteiger partial charge in [-0.2, -0.15) is 0 Å². The van der Waals surface area contributed by atoms with Gasteiger partial charge in [0.25, 0.3) is 0 Å². The Labute approximate surface area is 118 Å². The van der Waals surface area contributed by atoms with Gasteiger partial charge in [-0.15, -0.1) is 0 Å². The third-order valence-electron chi connectivity index (χ3n) is 2.59. The maximum atomic E-state index is 13.6. The summed E-state index contributed by atoms with van der Waals surface area (Å²) in [4.78, 5) is 10.7. The summed E-state index contributed by atoms with van der Waals surface area (Å²) in [6, 6.07) is 7.63. The minimum atomic E-state index is -1.24. The van der Waals surface area contributed by atoms with Crippen LogP contribution < -0.4 is 4.74 Å². The molecule has 0 saturated heterocycles. The van der Waals surface area contributed by atoms with Crippen molar-refractivity contribution in [2.24, 2.45) is 0 Å². The monoisotopic (exact) mass is 298 g/mol. The predicted molar refractivity (Wildman–Crippen MR) is 69.1 cm³/mol. The molecule has 104 valence electrons.